The van der Waals surface area contributed by atoms with Gasteiger partial charge in [-0.05, 0) is 78.2 Å². The summed E-state index contributed by atoms with van der Waals surface area (Å²) >= 11 is 0. The van der Waals surface area contributed by atoms with Crippen molar-refractivity contribution in [2.75, 3.05) is 32.7 Å². The van der Waals surface area contributed by atoms with Crippen LogP contribution in [0, 0.1) is 17.6 Å². The van der Waals surface area contributed by atoms with E-state index in [-0.39, 0.29) is 28.9 Å². The third kappa shape index (κ3) is 5.37. The first kappa shape index (κ1) is 28.3. The summed E-state index contributed by atoms with van der Waals surface area (Å²) < 4.78 is 27.5. The van der Waals surface area contributed by atoms with Crippen molar-refractivity contribution in [3.05, 3.63) is 143 Å². The minimum absolute atomic E-state index is 0.0949. The van der Waals surface area contributed by atoms with Gasteiger partial charge >= 0.3 is 0 Å². The van der Waals surface area contributed by atoms with Crippen LogP contribution in [0.2, 0.25) is 0 Å². The van der Waals surface area contributed by atoms with Crippen molar-refractivity contribution in [2.45, 2.75) is 30.3 Å². The number of rotatable bonds is 7. The number of halogens is 2. The van der Waals surface area contributed by atoms with E-state index < -0.39 is 5.60 Å². The Balaban J connectivity index is 1.15. The summed E-state index contributed by atoms with van der Waals surface area (Å²) in [5, 5.41) is 12.1. The molecular formula is C36H36F2N2O2. The molecule has 4 aromatic rings. The zero-order chi connectivity index (χ0) is 29.2. The van der Waals surface area contributed by atoms with Gasteiger partial charge in [0.05, 0.1) is 6.54 Å². The maximum Gasteiger partial charge on any atom is 0.236 e. The smallest absolute Gasteiger partial charge is 0.236 e. The summed E-state index contributed by atoms with van der Waals surface area (Å²) in [7, 11) is 0. The van der Waals surface area contributed by atoms with E-state index in [9.17, 15) is 18.7 Å². The maximum atomic E-state index is 13.7. The van der Waals surface area contributed by atoms with Crippen molar-refractivity contribution < 1.29 is 18.7 Å². The molecule has 1 amide bonds. The molecule has 2 heterocycles. The molecule has 2 saturated heterocycles. The molecule has 0 radical (unpaired) electrons. The number of benzene rings is 4. The predicted molar refractivity (Wildman–Crippen MR) is 160 cm³/mol. The number of aliphatic hydroxyl groups is 1. The molecule has 2 aliphatic rings. The van der Waals surface area contributed by atoms with Crippen molar-refractivity contribution in [2.24, 2.45) is 5.92 Å². The number of carbonyl (C=O) groups excluding carboxylic acids is 1. The van der Waals surface area contributed by atoms with E-state index in [2.05, 4.69) is 53.4 Å². The Labute approximate surface area is 246 Å². The molecule has 4 aromatic carbocycles. The van der Waals surface area contributed by atoms with E-state index in [0.717, 1.165) is 19.5 Å². The normalized spacial score (nSPS) is 17.8. The summed E-state index contributed by atoms with van der Waals surface area (Å²) in [5.74, 6) is -0.886. The molecule has 4 nitrogen and oxygen atoms in total. The second kappa shape index (κ2) is 11.8. The molecule has 6 rings (SSSR count). The van der Waals surface area contributed by atoms with Gasteiger partial charge in [0.1, 0.15) is 17.2 Å². The first-order chi connectivity index (χ1) is 20.4. The Morgan fingerprint density at radius 1 is 0.738 bits per heavy atom. The van der Waals surface area contributed by atoms with E-state index in [1.807, 2.05) is 17.0 Å². The lowest BCUT2D eigenvalue weighted by molar-refractivity contribution is -0.135. The molecule has 2 aliphatic heterocycles. The monoisotopic (exact) mass is 566 g/mol. The highest BCUT2D eigenvalue weighted by Gasteiger charge is 2.44. The standard InChI is InChI=1S/C36H36F2N2O2/c37-32-15-11-29(12-16-32)36(42,30-13-17-33(38)18-14-30)31-19-22-40(23-20-31)34(41)25-39-24-21-35(26-39,27-7-3-1-4-8-27)28-9-5-2-6-10-28/h1-18,31,42H,19-26H2. The van der Waals surface area contributed by atoms with E-state index in [4.69, 9.17) is 0 Å². The molecule has 0 aliphatic carbocycles. The first-order valence-corrected chi connectivity index (χ1v) is 14.7. The van der Waals surface area contributed by atoms with Crippen LogP contribution in [0.25, 0.3) is 0 Å². The maximum absolute atomic E-state index is 13.7. The van der Waals surface area contributed by atoms with Gasteiger partial charge in [0.15, 0.2) is 0 Å². The number of nitrogens with zero attached hydrogens (tertiary/aromatic N) is 2. The van der Waals surface area contributed by atoms with Crippen LogP contribution in [0.1, 0.15) is 41.5 Å². The molecule has 216 valence electrons. The topological polar surface area (TPSA) is 43.8 Å². The third-order valence-electron chi connectivity index (χ3n) is 9.37. The largest absolute Gasteiger partial charge is 0.380 e. The highest BCUT2D eigenvalue weighted by molar-refractivity contribution is 5.78. The van der Waals surface area contributed by atoms with Gasteiger partial charge in [-0.15, -0.1) is 0 Å². The van der Waals surface area contributed by atoms with Crippen LogP contribution in [-0.4, -0.2) is 53.5 Å². The number of hydrogen-bond donors (Lipinski definition) is 1. The van der Waals surface area contributed by atoms with Crippen molar-refractivity contribution in [3.8, 4) is 0 Å². The van der Waals surface area contributed by atoms with E-state index in [1.54, 1.807) is 24.3 Å². The summed E-state index contributed by atoms with van der Waals surface area (Å²) in [6.45, 7) is 3.00. The van der Waals surface area contributed by atoms with Crippen LogP contribution in [-0.2, 0) is 15.8 Å². The van der Waals surface area contributed by atoms with Crippen LogP contribution in [0.15, 0.2) is 109 Å². The Bertz CT molecular complexity index is 1400. The number of piperidine rings is 1. The van der Waals surface area contributed by atoms with Gasteiger partial charge in [0.2, 0.25) is 5.91 Å². The summed E-state index contributed by atoms with van der Waals surface area (Å²) in [4.78, 5) is 17.7. The lowest BCUT2D eigenvalue weighted by atomic mass is 9.72. The van der Waals surface area contributed by atoms with E-state index in [0.29, 0.717) is 43.6 Å². The average molecular weight is 567 g/mol. The van der Waals surface area contributed by atoms with Crippen molar-refractivity contribution >= 4 is 5.91 Å². The van der Waals surface area contributed by atoms with Gasteiger partial charge < -0.3 is 10.0 Å². The molecule has 2 fully saturated rings. The van der Waals surface area contributed by atoms with Crippen molar-refractivity contribution in [3.63, 3.8) is 0 Å². The summed E-state index contributed by atoms with van der Waals surface area (Å²) in [5.41, 5.74) is 2.10. The van der Waals surface area contributed by atoms with Crippen LogP contribution < -0.4 is 0 Å². The van der Waals surface area contributed by atoms with Gasteiger partial charge in [-0.25, -0.2) is 8.78 Å². The van der Waals surface area contributed by atoms with Gasteiger partial charge in [0.25, 0.3) is 0 Å². The zero-order valence-electron chi connectivity index (χ0n) is 23.6. The molecule has 0 aromatic heterocycles. The minimum Gasteiger partial charge on any atom is -0.380 e. The minimum atomic E-state index is -1.42. The Hall–Kier alpha value is -3.87. The fraction of sp³-hybridized carbons (Fsp3) is 0.306. The van der Waals surface area contributed by atoms with Crippen LogP contribution >= 0.6 is 0 Å². The average Bonchev–Trinajstić information content (AvgIpc) is 3.47. The fourth-order valence-electron chi connectivity index (χ4n) is 7.06. The zero-order valence-corrected chi connectivity index (χ0v) is 23.6. The van der Waals surface area contributed by atoms with Gasteiger partial charge in [-0.2, -0.15) is 0 Å². The molecule has 42 heavy (non-hydrogen) atoms. The first-order valence-electron chi connectivity index (χ1n) is 14.7. The summed E-state index contributed by atoms with van der Waals surface area (Å²) in [6.07, 6.45) is 2.10. The summed E-state index contributed by atoms with van der Waals surface area (Å²) in [6, 6.07) is 32.9. The van der Waals surface area contributed by atoms with Crippen LogP contribution in [0.5, 0.6) is 0 Å². The van der Waals surface area contributed by atoms with Crippen molar-refractivity contribution in [1.82, 2.24) is 9.80 Å². The Morgan fingerprint density at radius 2 is 1.21 bits per heavy atom. The SMILES string of the molecule is O=C(CN1CCC(c2ccccc2)(c2ccccc2)C1)N1CCC(C(O)(c2ccc(F)cc2)c2ccc(F)cc2)CC1. The van der Waals surface area contributed by atoms with Gasteiger partial charge in [-0.1, -0.05) is 84.9 Å². The molecule has 0 saturated carbocycles. The van der Waals surface area contributed by atoms with E-state index in [1.165, 1.54) is 35.4 Å². The lowest BCUT2D eigenvalue weighted by Gasteiger charge is -2.42. The number of carbonyl (C=O) groups is 1. The van der Waals surface area contributed by atoms with Crippen molar-refractivity contribution in [1.29, 1.82) is 0 Å². The second-order valence-corrected chi connectivity index (χ2v) is 11.7. The quantitative estimate of drug-likeness (QED) is 0.293. The lowest BCUT2D eigenvalue weighted by Crippen LogP contribution is -2.48. The fourth-order valence-corrected chi connectivity index (χ4v) is 7.06. The van der Waals surface area contributed by atoms with E-state index >= 15 is 0 Å². The molecular weight excluding hydrogens is 530 g/mol. The molecule has 0 bridgehead atoms. The number of amides is 1. The molecule has 0 atom stereocenters. The molecule has 0 unspecified atom stereocenters. The molecule has 1 N–H and O–H groups in total. The Morgan fingerprint density at radius 3 is 1.69 bits per heavy atom. The second-order valence-electron chi connectivity index (χ2n) is 11.7. The highest BCUT2D eigenvalue weighted by atomic mass is 19.1. The predicted octanol–water partition coefficient (Wildman–Crippen LogP) is 6.13. The number of hydrogen-bond acceptors (Lipinski definition) is 3. The van der Waals surface area contributed by atoms with Crippen LogP contribution in [0.3, 0.4) is 0 Å². The van der Waals surface area contributed by atoms with Gasteiger partial charge in [-0.3, -0.25) is 9.69 Å². The Kier molecular flexibility index (Phi) is 7.93. The van der Waals surface area contributed by atoms with Crippen LogP contribution in [0.4, 0.5) is 8.78 Å². The third-order valence-corrected chi connectivity index (χ3v) is 9.37. The molecule has 0 spiro atoms. The molecule has 6 heteroatoms. The number of likely N-dealkylation sites (tertiary alicyclic amines) is 2. The highest BCUT2D eigenvalue weighted by Crippen LogP contribution is 2.43. The van der Waals surface area contributed by atoms with Gasteiger partial charge in [0, 0.05) is 25.0 Å².